The summed E-state index contributed by atoms with van der Waals surface area (Å²) in [6.45, 7) is 1.34. The number of nitrogens with one attached hydrogen (secondary N) is 1. The van der Waals surface area contributed by atoms with Crippen LogP contribution in [0, 0.1) is 12.7 Å². The highest BCUT2D eigenvalue weighted by Crippen LogP contribution is 2.23. The van der Waals surface area contributed by atoms with Gasteiger partial charge in [-0.25, -0.2) is 12.8 Å². The summed E-state index contributed by atoms with van der Waals surface area (Å²) in [5.74, 6) is -0.675. The number of halogens is 1. The number of rotatable bonds is 4. The van der Waals surface area contributed by atoms with Crippen molar-refractivity contribution in [2.24, 2.45) is 0 Å². The van der Waals surface area contributed by atoms with Crippen LogP contribution >= 0.6 is 0 Å². The Morgan fingerprint density at radius 2 is 1.86 bits per heavy atom. The number of hydrogen-bond donors (Lipinski definition) is 3. The van der Waals surface area contributed by atoms with Crippen molar-refractivity contribution < 1.29 is 17.9 Å². The molecule has 112 valence electrons. The first-order valence-corrected chi connectivity index (χ1v) is 7.60. The molecule has 0 aromatic heterocycles. The number of aliphatic hydroxyl groups excluding tert-OH is 1. The maximum Gasteiger partial charge on any atom is 0.262 e. The summed E-state index contributed by atoms with van der Waals surface area (Å²) in [6, 6.07) is 8.33. The van der Waals surface area contributed by atoms with Crippen LogP contribution in [0.5, 0.6) is 0 Å². The van der Waals surface area contributed by atoms with Gasteiger partial charge in [0.2, 0.25) is 0 Å². The minimum Gasteiger partial charge on any atom is -0.398 e. The van der Waals surface area contributed by atoms with E-state index < -0.39 is 15.8 Å². The average Bonchev–Trinajstić information content (AvgIpc) is 2.44. The zero-order chi connectivity index (χ0) is 15.6. The number of hydrogen-bond acceptors (Lipinski definition) is 4. The van der Waals surface area contributed by atoms with Crippen LogP contribution in [0.1, 0.15) is 11.1 Å². The molecule has 0 aliphatic heterocycles. The van der Waals surface area contributed by atoms with Crippen molar-refractivity contribution in [3.8, 4) is 0 Å². The molecule has 0 atom stereocenters. The first-order valence-electron chi connectivity index (χ1n) is 6.12. The van der Waals surface area contributed by atoms with Crippen molar-refractivity contribution in [1.29, 1.82) is 0 Å². The maximum atomic E-state index is 13.6. The van der Waals surface area contributed by atoms with E-state index in [9.17, 15) is 12.8 Å². The SMILES string of the molecule is Cc1c(N)cc(S(=O)(=O)Nc2ccc(CO)cc2)cc1F. The Balaban J connectivity index is 2.33. The Labute approximate surface area is 122 Å². The molecule has 2 rings (SSSR count). The second-order valence-corrected chi connectivity index (χ2v) is 6.26. The number of sulfonamides is 1. The van der Waals surface area contributed by atoms with Crippen molar-refractivity contribution >= 4 is 21.4 Å². The van der Waals surface area contributed by atoms with Gasteiger partial charge < -0.3 is 10.8 Å². The Bertz CT molecular complexity index is 735. The molecular formula is C14H15FN2O3S. The lowest BCUT2D eigenvalue weighted by Gasteiger charge is -2.10. The van der Waals surface area contributed by atoms with Gasteiger partial charge in [-0.05, 0) is 36.8 Å². The monoisotopic (exact) mass is 310 g/mol. The van der Waals surface area contributed by atoms with E-state index in [0.29, 0.717) is 11.3 Å². The molecule has 0 saturated heterocycles. The Morgan fingerprint density at radius 1 is 1.24 bits per heavy atom. The lowest BCUT2D eigenvalue weighted by molar-refractivity contribution is 0.282. The molecular weight excluding hydrogens is 295 g/mol. The van der Waals surface area contributed by atoms with Crippen LogP contribution in [-0.4, -0.2) is 13.5 Å². The first-order chi connectivity index (χ1) is 9.83. The van der Waals surface area contributed by atoms with Gasteiger partial charge >= 0.3 is 0 Å². The molecule has 0 saturated carbocycles. The summed E-state index contributed by atoms with van der Waals surface area (Å²) in [5.41, 5.74) is 6.84. The Hall–Kier alpha value is -2.12. The van der Waals surface area contributed by atoms with E-state index in [-0.39, 0.29) is 22.8 Å². The molecule has 0 aliphatic carbocycles. The van der Waals surface area contributed by atoms with E-state index in [0.717, 1.165) is 6.07 Å². The van der Waals surface area contributed by atoms with Crippen LogP contribution in [0.25, 0.3) is 0 Å². The second-order valence-electron chi connectivity index (χ2n) is 4.58. The second kappa shape index (κ2) is 5.71. The molecule has 0 fully saturated rings. The van der Waals surface area contributed by atoms with Gasteiger partial charge in [0.25, 0.3) is 10.0 Å². The summed E-state index contributed by atoms with van der Waals surface area (Å²) >= 11 is 0. The predicted octanol–water partition coefficient (Wildman–Crippen LogP) is 2.01. The van der Waals surface area contributed by atoms with E-state index in [4.69, 9.17) is 10.8 Å². The van der Waals surface area contributed by atoms with Crippen LogP contribution in [-0.2, 0) is 16.6 Å². The van der Waals surface area contributed by atoms with Crippen LogP contribution in [0.3, 0.4) is 0 Å². The molecule has 0 radical (unpaired) electrons. The summed E-state index contributed by atoms with van der Waals surface area (Å²) < 4.78 is 40.3. The minimum absolute atomic E-state index is 0.0750. The van der Waals surface area contributed by atoms with E-state index >= 15 is 0 Å². The van der Waals surface area contributed by atoms with Gasteiger partial charge in [0.1, 0.15) is 5.82 Å². The quantitative estimate of drug-likeness (QED) is 0.753. The largest absolute Gasteiger partial charge is 0.398 e. The third-order valence-electron chi connectivity index (χ3n) is 3.06. The Morgan fingerprint density at radius 3 is 2.38 bits per heavy atom. The van der Waals surface area contributed by atoms with Gasteiger partial charge in [-0.3, -0.25) is 4.72 Å². The molecule has 0 bridgehead atoms. The molecule has 0 unspecified atom stereocenters. The van der Waals surface area contributed by atoms with Gasteiger partial charge in [-0.15, -0.1) is 0 Å². The first kappa shape index (κ1) is 15.3. The molecule has 5 nitrogen and oxygen atoms in total. The summed E-state index contributed by atoms with van der Waals surface area (Å²) in [6.07, 6.45) is 0. The highest BCUT2D eigenvalue weighted by Gasteiger charge is 2.17. The standard InChI is InChI=1S/C14H15FN2O3S/c1-9-13(15)6-12(7-14(9)16)21(19,20)17-11-4-2-10(8-18)3-5-11/h2-7,17-18H,8,16H2,1H3. The molecule has 2 aromatic rings. The fraction of sp³-hybridized carbons (Fsp3) is 0.143. The molecule has 21 heavy (non-hydrogen) atoms. The van der Waals surface area contributed by atoms with E-state index in [1.165, 1.54) is 25.1 Å². The van der Waals surface area contributed by atoms with E-state index in [1.54, 1.807) is 12.1 Å². The molecule has 0 heterocycles. The summed E-state index contributed by atoms with van der Waals surface area (Å²) in [7, 11) is -3.93. The van der Waals surface area contributed by atoms with E-state index in [1.807, 2.05) is 0 Å². The normalized spacial score (nSPS) is 11.4. The smallest absolute Gasteiger partial charge is 0.262 e. The van der Waals surface area contributed by atoms with Crippen LogP contribution in [0.15, 0.2) is 41.3 Å². The zero-order valence-corrected chi connectivity index (χ0v) is 12.1. The van der Waals surface area contributed by atoms with Crippen molar-refractivity contribution in [3.63, 3.8) is 0 Å². The lowest BCUT2D eigenvalue weighted by atomic mass is 10.2. The van der Waals surface area contributed by atoms with Gasteiger partial charge in [0, 0.05) is 16.9 Å². The van der Waals surface area contributed by atoms with Crippen LogP contribution < -0.4 is 10.5 Å². The summed E-state index contributed by atoms with van der Waals surface area (Å²) in [4.78, 5) is -0.241. The number of benzene rings is 2. The lowest BCUT2D eigenvalue weighted by Crippen LogP contribution is -2.14. The van der Waals surface area contributed by atoms with Crippen LogP contribution in [0.2, 0.25) is 0 Å². The third kappa shape index (κ3) is 3.32. The number of nitrogen functional groups attached to an aromatic ring is 1. The molecule has 0 spiro atoms. The molecule has 0 amide bonds. The number of anilines is 2. The topological polar surface area (TPSA) is 92.4 Å². The molecule has 4 N–H and O–H groups in total. The molecule has 0 aliphatic rings. The van der Waals surface area contributed by atoms with Crippen molar-refractivity contribution in [1.82, 2.24) is 0 Å². The number of aliphatic hydroxyl groups is 1. The zero-order valence-electron chi connectivity index (χ0n) is 11.3. The van der Waals surface area contributed by atoms with Crippen molar-refractivity contribution in [3.05, 3.63) is 53.3 Å². The van der Waals surface area contributed by atoms with Crippen LogP contribution in [0.4, 0.5) is 15.8 Å². The van der Waals surface area contributed by atoms with Gasteiger partial charge in [-0.1, -0.05) is 12.1 Å². The molecule has 2 aromatic carbocycles. The number of nitrogens with two attached hydrogens (primary N) is 1. The molecule has 7 heteroatoms. The van der Waals surface area contributed by atoms with Gasteiger partial charge in [0.15, 0.2) is 0 Å². The summed E-state index contributed by atoms with van der Waals surface area (Å²) in [5, 5.41) is 8.93. The maximum absolute atomic E-state index is 13.6. The van der Waals surface area contributed by atoms with Gasteiger partial charge in [-0.2, -0.15) is 0 Å². The highest BCUT2D eigenvalue weighted by molar-refractivity contribution is 7.92. The average molecular weight is 310 g/mol. The fourth-order valence-corrected chi connectivity index (χ4v) is 2.83. The van der Waals surface area contributed by atoms with E-state index in [2.05, 4.69) is 4.72 Å². The van der Waals surface area contributed by atoms with Crippen molar-refractivity contribution in [2.75, 3.05) is 10.5 Å². The third-order valence-corrected chi connectivity index (χ3v) is 4.42. The van der Waals surface area contributed by atoms with Crippen molar-refractivity contribution in [2.45, 2.75) is 18.4 Å². The fourth-order valence-electron chi connectivity index (χ4n) is 1.72. The Kier molecular flexibility index (Phi) is 4.15. The highest BCUT2D eigenvalue weighted by atomic mass is 32.2. The minimum atomic E-state index is -3.93. The predicted molar refractivity (Wildman–Crippen MR) is 78.7 cm³/mol. The van der Waals surface area contributed by atoms with Gasteiger partial charge in [0.05, 0.1) is 11.5 Å².